The number of rotatable bonds is 6. The van der Waals surface area contributed by atoms with E-state index in [-0.39, 0.29) is 5.54 Å². The van der Waals surface area contributed by atoms with Gasteiger partial charge in [0, 0.05) is 18.2 Å². The zero-order valence-electron chi connectivity index (χ0n) is 10.6. The third kappa shape index (κ3) is 3.74. The van der Waals surface area contributed by atoms with Crippen LogP contribution in [0.4, 0.5) is 0 Å². The molecule has 2 N–H and O–H groups in total. The van der Waals surface area contributed by atoms with Gasteiger partial charge < -0.3 is 15.4 Å². The molecule has 0 spiro atoms. The lowest BCUT2D eigenvalue weighted by Crippen LogP contribution is -2.48. The molecule has 90 valence electrons. The summed E-state index contributed by atoms with van der Waals surface area (Å²) in [5, 5.41) is 7.06. The molecular weight excluding hydrogens is 188 g/mol. The summed E-state index contributed by atoms with van der Waals surface area (Å²) in [6, 6.07) is 0.601. The van der Waals surface area contributed by atoms with Crippen LogP contribution in [0.25, 0.3) is 0 Å². The van der Waals surface area contributed by atoms with Crippen LogP contribution in [-0.2, 0) is 4.74 Å². The highest BCUT2D eigenvalue weighted by Gasteiger charge is 2.36. The first-order chi connectivity index (χ1) is 7.08. The van der Waals surface area contributed by atoms with Crippen molar-refractivity contribution in [1.29, 1.82) is 0 Å². The van der Waals surface area contributed by atoms with Crippen molar-refractivity contribution in [1.82, 2.24) is 10.6 Å². The SMILES string of the molecule is CCNC(C)CCNC1(C)CCOC1C. The minimum atomic E-state index is 0.186. The highest BCUT2D eigenvalue weighted by molar-refractivity contribution is 4.93. The number of hydrogen-bond donors (Lipinski definition) is 2. The van der Waals surface area contributed by atoms with Crippen LogP contribution in [0.1, 0.15) is 40.5 Å². The monoisotopic (exact) mass is 214 g/mol. The van der Waals surface area contributed by atoms with Crippen molar-refractivity contribution in [3.63, 3.8) is 0 Å². The Morgan fingerprint density at radius 1 is 1.53 bits per heavy atom. The topological polar surface area (TPSA) is 33.3 Å². The van der Waals surface area contributed by atoms with Crippen LogP contribution in [0.5, 0.6) is 0 Å². The van der Waals surface area contributed by atoms with Crippen molar-refractivity contribution >= 4 is 0 Å². The molecule has 1 heterocycles. The normalized spacial score (nSPS) is 33.2. The van der Waals surface area contributed by atoms with Crippen molar-refractivity contribution in [2.75, 3.05) is 19.7 Å². The van der Waals surface area contributed by atoms with E-state index >= 15 is 0 Å². The fraction of sp³-hybridized carbons (Fsp3) is 1.00. The number of ether oxygens (including phenoxy) is 1. The third-order valence-corrected chi connectivity index (χ3v) is 3.55. The maximum absolute atomic E-state index is 5.60. The van der Waals surface area contributed by atoms with E-state index < -0.39 is 0 Å². The van der Waals surface area contributed by atoms with E-state index in [9.17, 15) is 0 Å². The van der Waals surface area contributed by atoms with Crippen molar-refractivity contribution in [2.24, 2.45) is 0 Å². The van der Waals surface area contributed by atoms with E-state index in [4.69, 9.17) is 4.74 Å². The van der Waals surface area contributed by atoms with Gasteiger partial charge in [-0.1, -0.05) is 6.92 Å². The van der Waals surface area contributed by atoms with Crippen LogP contribution < -0.4 is 10.6 Å². The molecule has 0 aromatic heterocycles. The fourth-order valence-corrected chi connectivity index (χ4v) is 2.09. The third-order valence-electron chi connectivity index (χ3n) is 3.55. The van der Waals surface area contributed by atoms with Gasteiger partial charge in [0.2, 0.25) is 0 Å². The molecular formula is C12H26N2O. The molecule has 1 aliphatic rings. The summed E-state index contributed by atoms with van der Waals surface area (Å²) in [5.74, 6) is 0. The molecule has 3 atom stereocenters. The molecule has 0 bridgehead atoms. The molecule has 0 aliphatic carbocycles. The molecule has 15 heavy (non-hydrogen) atoms. The second-order valence-corrected chi connectivity index (χ2v) is 4.85. The van der Waals surface area contributed by atoms with E-state index in [1.807, 2.05) is 0 Å². The molecule has 1 saturated heterocycles. The molecule has 0 radical (unpaired) electrons. The quantitative estimate of drug-likeness (QED) is 0.703. The standard InChI is InChI=1S/C12H26N2O/c1-5-13-10(2)6-8-14-12(4)7-9-15-11(12)3/h10-11,13-14H,5-9H2,1-4H3. The Hall–Kier alpha value is -0.120. The van der Waals surface area contributed by atoms with Gasteiger partial charge >= 0.3 is 0 Å². The first-order valence-electron chi connectivity index (χ1n) is 6.18. The molecule has 1 fully saturated rings. The Morgan fingerprint density at radius 3 is 2.80 bits per heavy atom. The summed E-state index contributed by atoms with van der Waals surface area (Å²) in [6.07, 6.45) is 2.65. The Kier molecular flexibility index (Phi) is 5.03. The highest BCUT2D eigenvalue weighted by atomic mass is 16.5. The average molecular weight is 214 g/mol. The molecule has 3 unspecified atom stereocenters. The van der Waals surface area contributed by atoms with Crippen molar-refractivity contribution in [2.45, 2.75) is 58.2 Å². The van der Waals surface area contributed by atoms with E-state index in [0.717, 1.165) is 26.1 Å². The van der Waals surface area contributed by atoms with Gasteiger partial charge in [-0.05, 0) is 46.7 Å². The molecule has 3 nitrogen and oxygen atoms in total. The van der Waals surface area contributed by atoms with Gasteiger partial charge in [0.15, 0.2) is 0 Å². The lowest BCUT2D eigenvalue weighted by atomic mass is 9.94. The van der Waals surface area contributed by atoms with Gasteiger partial charge in [-0.15, -0.1) is 0 Å². The minimum absolute atomic E-state index is 0.186. The van der Waals surface area contributed by atoms with Crippen LogP contribution in [0.15, 0.2) is 0 Å². The summed E-state index contributed by atoms with van der Waals surface area (Å²) in [4.78, 5) is 0. The Morgan fingerprint density at radius 2 is 2.27 bits per heavy atom. The average Bonchev–Trinajstić information content (AvgIpc) is 2.48. The lowest BCUT2D eigenvalue weighted by molar-refractivity contribution is 0.0885. The van der Waals surface area contributed by atoms with Crippen molar-refractivity contribution < 1.29 is 4.74 Å². The maximum atomic E-state index is 5.60. The number of nitrogens with one attached hydrogen (secondary N) is 2. The predicted molar refractivity (Wildman–Crippen MR) is 64.2 cm³/mol. The van der Waals surface area contributed by atoms with Gasteiger partial charge in [0.25, 0.3) is 0 Å². The van der Waals surface area contributed by atoms with Crippen LogP contribution >= 0.6 is 0 Å². The molecule has 3 heteroatoms. The van der Waals surface area contributed by atoms with Crippen molar-refractivity contribution in [3.8, 4) is 0 Å². The Bertz CT molecular complexity index is 186. The largest absolute Gasteiger partial charge is 0.377 e. The van der Waals surface area contributed by atoms with E-state index in [2.05, 4.69) is 38.3 Å². The van der Waals surface area contributed by atoms with Crippen LogP contribution in [0, 0.1) is 0 Å². The highest BCUT2D eigenvalue weighted by Crippen LogP contribution is 2.24. The zero-order valence-corrected chi connectivity index (χ0v) is 10.6. The van der Waals surface area contributed by atoms with Crippen LogP contribution in [-0.4, -0.2) is 37.4 Å². The van der Waals surface area contributed by atoms with Crippen LogP contribution in [0.3, 0.4) is 0 Å². The first-order valence-corrected chi connectivity index (χ1v) is 6.18. The van der Waals surface area contributed by atoms with Gasteiger partial charge in [-0.25, -0.2) is 0 Å². The molecule has 1 aliphatic heterocycles. The van der Waals surface area contributed by atoms with E-state index in [1.54, 1.807) is 0 Å². The molecule has 0 amide bonds. The number of hydrogen-bond acceptors (Lipinski definition) is 3. The van der Waals surface area contributed by atoms with E-state index in [1.165, 1.54) is 6.42 Å². The summed E-state index contributed by atoms with van der Waals surface area (Å²) in [5.41, 5.74) is 0.186. The predicted octanol–water partition coefficient (Wildman–Crippen LogP) is 1.53. The molecule has 0 aromatic rings. The van der Waals surface area contributed by atoms with E-state index in [0.29, 0.717) is 12.1 Å². The zero-order chi connectivity index (χ0) is 11.3. The van der Waals surface area contributed by atoms with Crippen molar-refractivity contribution in [3.05, 3.63) is 0 Å². The maximum Gasteiger partial charge on any atom is 0.0726 e. The fourth-order valence-electron chi connectivity index (χ4n) is 2.09. The Balaban J connectivity index is 2.19. The second kappa shape index (κ2) is 5.83. The summed E-state index contributed by atoms with van der Waals surface area (Å²) in [7, 11) is 0. The van der Waals surface area contributed by atoms with Gasteiger partial charge in [-0.2, -0.15) is 0 Å². The molecule has 0 aromatic carbocycles. The van der Waals surface area contributed by atoms with Gasteiger partial charge in [0.05, 0.1) is 6.10 Å². The van der Waals surface area contributed by atoms with Gasteiger partial charge in [-0.3, -0.25) is 0 Å². The second-order valence-electron chi connectivity index (χ2n) is 4.85. The smallest absolute Gasteiger partial charge is 0.0726 e. The summed E-state index contributed by atoms with van der Waals surface area (Å²) >= 11 is 0. The van der Waals surface area contributed by atoms with Crippen LogP contribution in [0.2, 0.25) is 0 Å². The molecule has 0 saturated carbocycles. The summed E-state index contributed by atoms with van der Waals surface area (Å²) in [6.45, 7) is 11.8. The lowest BCUT2D eigenvalue weighted by Gasteiger charge is -2.29. The minimum Gasteiger partial charge on any atom is -0.377 e. The first kappa shape index (κ1) is 12.9. The van der Waals surface area contributed by atoms with Gasteiger partial charge in [0.1, 0.15) is 0 Å². The molecule has 1 rings (SSSR count). The Labute approximate surface area is 94.0 Å². The summed E-state index contributed by atoms with van der Waals surface area (Å²) < 4.78 is 5.60.